The highest BCUT2D eigenvalue weighted by Gasteiger charge is 2.47. The number of para-hydroxylation sites is 2. The van der Waals surface area contributed by atoms with Crippen molar-refractivity contribution in [3.8, 4) is 11.5 Å². The van der Waals surface area contributed by atoms with E-state index in [9.17, 15) is 13.5 Å². The normalized spacial score (nSPS) is 21.2. The largest absolute Gasteiger partial charge is 0.507 e. The van der Waals surface area contributed by atoms with Gasteiger partial charge in [0.05, 0.1) is 24.2 Å². The number of rotatable bonds is 8. The first-order valence-corrected chi connectivity index (χ1v) is 13.4. The first-order chi connectivity index (χ1) is 17.0. The molecule has 0 spiro atoms. The lowest BCUT2D eigenvalue weighted by Gasteiger charge is -2.16. The second-order valence-corrected chi connectivity index (χ2v) is 10.9. The van der Waals surface area contributed by atoms with Crippen LogP contribution in [-0.2, 0) is 14.6 Å². The molecule has 5 rings (SSSR count). The number of ether oxygens (including phenoxy) is 2. The number of allylic oxidation sites excluding steroid dienone is 1. The van der Waals surface area contributed by atoms with Gasteiger partial charge in [0.2, 0.25) is 0 Å². The van der Waals surface area contributed by atoms with Crippen molar-refractivity contribution in [2.75, 3.05) is 19.0 Å². The van der Waals surface area contributed by atoms with E-state index in [0.29, 0.717) is 24.2 Å². The third-order valence-electron chi connectivity index (χ3n) is 6.45. The Morgan fingerprint density at radius 1 is 1.06 bits per heavy atom. The molecule has 35 heavy (non-hydrogen) atoms. The Kier molecular flexibility index (Phi) is 6.70. The van der Waals surface area contributed by atoms with Gasteiger partial charge in [-0.2, -0.15) is 0 Å². The molecule has 0 bridgehead atoms. The lowest BCUT2D eigenvalue weighted by Crippen LogP contribution is -2.19. The molecule has 0 unspecified atom stereocenters. The van der Waals surface area contributed by atoms with E-state index in [-0.39, 0.29) is 30.8 Å². The van der Waals surface area contributed by atoms with E-state index in [1.165, 1.54) is 0 Å². The molecule has 2 aromatic carbocycles. The number of aromatic nitrogens is 1. The molecule has 6 nitrogen and oxygen atoms in total. The summed E-state index contributed by atoms with van der Waals surface area (Å²) in [6.45, 7) is 0.412. The predicted octanol–water partition coefficient (Wildman–Crippen LogP) is 4.68. The van der Waals surface area contributed by atoms with Gasteiger partial charge >= 0.3 is 0 Å². The number of pyridine rings is 1. The molecule has 0 saturated carbocycles. The van der Waals surface area contributed by atoms with Crippen LogP contribution < -0.4 is 4.74 Å². The van der Waals surface area contributed by atoms with E-state index >= 15 is 0 Å². The number of sulfone groups is 1. The zero-order valence-corrected chi connectivity index (χ0v) is 20.0. The fraction of sp³-hybridized carbons (Fsp3) is 0.250. The van der Waals surface area contributed by atoms with Crippen molar-refractivity contribution < 1.29 is 23.0 Å². The van der Waals surface area contributed by atoms with Crippen molar-refractivity contribution in [2.45, 2.75) is 24.2 Å². The van der Waals surface area contributed by atoms with Crippen LogP contribution in [0.5, 0.6) is 11.5 Å². The zero-order chi connectivity index (χ0) is 24.3. The molecule has 0 amide bonds. The average Bonchev–Trinajstić information content (AvgIpc) is 3.42. The second-order valence-electron chi connectivity index (χ2n) is 8.76. The van der Waals surface area contributed by atoms with Crippen molar-refractivity contribution in [3.63, 3.8) is 0 Å². The lowest BCUT2D eigenvalue weighted by atomic mass is 9.95. The minimum absolute atomic E-state index is 0.0144. The van der Waals surface area contributed by atoms with Crippen molar-refractivity contribution in [3.05, 3.63) is 101 Å². The van der Waals surface area contributed by atoms with Gasteiger partial charge in [0.1, 0.15) is 23.4 Å². The van der Waals surface area contributed by atoms with Gasteiger partial charge in [-0.15, -0.1) is 0 Å². The summed E-state index contributed by atoms with van der Waals surface area (Å²) in [6.07, 6.45) is 4.58. The first-order valence-electron chi connectivity index (χ1n) is 11.6. The van der Waals surface area contributed by atoms with Crippen LogP contribution >= 0.6 is 0 Å². The topological polar surface area (TPSA) is 85.7 Å². The molecule has 180 valence electrons. The zero-order valence-electron chi connectivity index (χ0n) is 19.2. The summed E-state index contributed by atoms with van der Waals surface area (Å²) in [6, 6.07) is 22.3. The molecule has 2 atom stereocenters. The van der Waals surface area contributed by atoms with Gasteiger partial charge in [0.15, 0.2) is 9.84 Å². The highest BCUT2D eigenvalue weighted by molar-refractivity contribution is 7.92. The van der Waals surface area contributed by atoms with Gasteiger partial charge < -0.3 is 14.6 Å². The van der Waals surface area contributed by atoms with Gasteiger partial charge in [-0.3, -0.25) is 4.98 Å². The van der Waals surface area contributed by atoms with Gasteiger partial charge in [-0.1, -0.05) is 42.5 Å². The summed E-state index contributed by atoms with van der Waals surface area (Å²) < 4.78 is 37.6. The molecule has 7 heteroatoms. The van der Waals surface area contributed by atoms with Crippen LogP contribution in [0.25, 0.3) is 11.6 Å². The molecule has 1 N–H and O–H groups in total. The number of hydrogen-bond donors (Lipinski definition) is 1. The van der Waals surface area contributed by atoms with Crippen LogP contribution in [0.2, 0.25) is 0 Å². The Bertz CT molecular complexity index is 1350. The van der Waals surface area contributed by atoms with Crippen molar-refractivity contribution in [1.29, 1.82) is 0 Å². The number of nitrogens with zero attached hydrogens (tertiary/aromatic N) is 1. The molecule has 3 heterocycles. The molecule has 3 aromatic rings. The first kappa shape index (κ1) is 23.3. The van der Waals surface area contributed by atoms with Gasteiger partial charge in [-0.25, -0.2) is 8.42 Å². The summed E-state index contributed by atoms with van der Waals surface area (Å²) in [7, 11) is -3.29. The van der Waals surface area contributed by atoms with Gasteiger partial charge in [0.25, 0.3) is 0 Å². The van der Waals surface area contributed by atoms with Crippen LogP contribution in [0.1, 0.15) is 24.1 Å². The summed E-state index contributed by atoms with van der Waals surface area (Å²) in [5, 5.41) is 9.68. The maximum absolute atomic E-state index is 12.8. The van der Waals surface area contributed by atoms with Crippen LogP contribution in [0.15, 0.2) is 90.1 Å². The minimum Gasteiger partial charge on any atom is -0.507 e. The lowest BCUT2D eigenvalue weighted by molar-refractivity contribution is 0.118. The number of benzene rings is 2. The highest BCUT2D eigenvalue weighted by Crippen LogP contribution is 2.39. The van der Waals surface area contributed by atoms with E-state index < -0.39 is 15.1 Å². The Hall–Kier alpha value is -3.42. The Morgan fingerprint density at radius 3 is 2.60 bits per heavy atom. The predicted molar refractivity (Wildman–Crippen MR) is 136 cm³/mol. The third-order valence-corrected chi connectivity index (χ3v) is 8.46. The molecular weight excluding hydrogens is 462 g/mol. The highest BCUT2D eigenvalue weighted by atomic mass is 32.2. The molecule has 1 aromatic heterocycles. The number of phenolic OH excluding ortho intramolecular Hbond substituents is 1. The SMILES string of the molecule is O=S1(=O)CC(COc2ccccc2)=C2[C@@H](CC/C(=C/c3ccccc3O)c3ccccn3)OC[C@@H]21. The monoisotopic (exact) mass is 489 g/mol. The quantitative estimate of drug-likeness (QED) is 0.463. The molecule has 1 fully saturated rings. The average molecular weight is 490 g/mol. The fourth-order valence-corrected chi connectivity index (χ4v) is 6.66. The molecule has 0 aliphatic carbocycles. The van der Waals surface area contributed by atoms with Crippen LogP contribution in [0.4, 0.5) is 0 Å². The minimum atomic E-state index is -3.29. The number of aromatic hydroxyl groups is 1. The molecular formula is C28H27NO5S. The third kappa shape index (κ3) is 5.16. The van der Waals surface area contributed by atoms with Crippen LogP contribution in [0, 0.1) is 0 Å². The van der Waals surface area contributed by atoms with E-state index in [4.69, 9.17) is 9.47 Å². The Labute approximate surface area is 205 Å². The smallest absolute Gasteiger partial charge is 0.163 e. The molecule has 0 radical (unpaired) electrons. The van der Waals surface area contributed by atoms with Crippen molar-refractivity contribution >= 4 is 21.5 Å². The molecule has 1 saturated heterocycles. The summed E-state index contributed by atoms with van der Waals surface area (Å²) in [5.74, 6) is 0.920. The maximum Gasteiger partial charge on any atom is 0.163 e. The van der Waals surface area contributed by atoms with E-state index in [0.717, 1.165) is 22.4 Å². The number of hydrogen-bond acceptors (Lipinski definition) is 6. The second kappa shape index (κ2) is 10.1. The van der Waals surface area contributed by atoms with E-state index in [1.54, 1.807) is 18.3 Å². The van der Waals surface area contributed by atoms with Crippen molar-refractivity contribution in [2.24, 2.45) is 0 Å². The maximum atomic E-state index is 12.8. The van der Waals surface area contributed by atoms with Crippen LogP contribution in [-0.4, -0.2) is 48.8 Å². The molecule has 2 aliphatic rings. The van der Waals surface area contributed by atoms with Gasteiger partial charge in [-0.05, 0) is 66.0 Å². The Morgan fingerprint density at radius 2 is 1.83 bits per heavy atom. The molecule has 2 aliphatic heterocycles. The fourth-order valence-electron chi connectivity index (χ4n) is 4.73. The van der Waals surface area contributed by atoms with E-state index in [2.05, 4.69) is 4.98 Å². The summed E-state index contributed by atoms with van der Waals surface area (Å²) in [4.78, 5) is 4.50. The Balaban J connectivity index is 1.39. The van der Waals surface area contributed by atoms with Gasteiger partial charge in [0, 0.05) is 11.8 Å². The summed E-state index contributed by atoms with van der Waals surface area (Å²) >= 11 is 0. The summed E-state index contributed by atoms with van der Waals surface area (Å²) in [5.41, 5.74) is 4.11. The van der Waals surface area contributed by atoms with E-state index in [1.807, 2.05) is 66.7 Å². The van der Waals surface area contributed by atoms with Crippen LogP contribution in [0.3, 0.4) is 0 Å². The standard InChI is InChI=1S/C28H27NO5S/c30-25-12-5-4-8-21(25)16-20(24-11-6-7-15-29-24)13-14-26-28-22(17-33-23-9-2-1-3-10-23)19-35(31,32)27(28)18-34-26/h1-12,15-16,26-27,30H,13-14,17-19H2/b20-16-/t26-,27+/m1/s1. The number of fused-ring (bicyclic) bond motifs is 1. The van der Waals surface area contributed by atoms with Crippen molar-refractivity contribution in [1.82, 2.24) is 4.98 Å². The number of phenols is 1.